The Labute approximate surface area is 172 Å². The number of aryl methyl sites for hydroxylation is 3. The highest BCUT2D eigenvalue weighted by atomic mass is 15.2. The minimum atomic E-state index is 0.789. The molecule has 1 N–H and O–H groups in total. The Morgan fingerprint density at radius 3 is 2.34 bits per heavy atom. The van der Waals surface area contributed by atoms with Crippen molar-refractivity contribution in [1.29, 1.82) is 0 Å². The molecule has 3 heteroatoms. The highest BCUT2D eigenvalue weighted by molar-refractivity contribution is 6.00. The SMILES string of the molecule is CCCCc1ccc(-c2nnc(Nc3cc(C)ccc3C)c3ccccc23)cc1. The summed E-state index contributed by atoms with van der Waals surface area (Å²) in [5.74, 6) is 0.789. The molecule has 0 bridgehead atoms. The van der Waals surface area contributed by atoms with Gasteiger partial charge in [-0.3, -0.25) is 0 Å². The van der Waals surface area contributed by atoms with Crippen molar-refractivity contribution in [2.45, 2.75) is 40.0 Å². The number of aromatic nitrogens is 2. The van der Waals surface area contributed by atoms with Crippen LogP contribution in [0.4, 0.5) is 11.5 Å². The quantitative estimate of drug-likeness (QED) is 0.391. The van der Waals surface area contributed by atoms with Crippen LogP contribution in [0.25, 0.3) is 22.0 Å². The first-order valence-electron chi connectivity index (χ1n) is 10.3. The molecule has 0 radical (unpaired) electrons. The average molecular weight is 382 g/mol. The maximum atomic E-state index is 4.60. The third-order valence-electron chi connectivity index (χ3n) is 5.38. The second kappa shape index (κ2) is 8.44. The minimum Gasteiger partial charge on any atom is -0.338 e. The smallest absolute Gasteiger partial charge is 0.161 e. The average Bonchev–Trinajstić information content (AvgIpc) is 2.75. The molecule has 4 aromatic rings. The van der Waals surface area contributed by atoms with Gasteiger partial charge in [0.25, 0.3) is 0 Å². The Balaban J connectivity index is 1.73. The largest absolute Gasteiger partial charge is 0.338 e. The van der Waals surface area contributed by atoms with Gasteiger partial charge in [-0.1, -0.05) is 74.0 Å². The normalized spacial score (nSPS) is 11.0. The molecule has 4 rings (SSSR count). The fourth-order valence-electron chi connectivity index (χ4n) is 3.62. The first-order chi connectivity index (χ1) is 14.2. The van der Waals surface area contributed by atoms with Gasteiger partial charge in [0.15, 0.2) is 5.82 Å². The molecule has 0 aliphatic heterocycles. The highest BCUT2D eigenvalue weighted by Crippen LogP contribution is 2.32. The van der Waals surface area contributed by atoms with Crippen LogP contribution < -0.4 is 5.32 Å². The number of fused-ring (bicyclic) bond motifs is 1. The summed E-state index contributed by atoms with van der Waals surface area (Å²) in [5, 5.41) is 14.8. The van der Waals surface area contributed by atoms with E-state index >= 15 is 0 Å². The first kappa shape index (κ1) is 19.1. The fraction of sp³-hybridized carbons (Fsp3) is 0.231. The maximum absolute atomic E-state index is 4.60. The lowest BCUT2D eigenvalue weighted by Gasteiger charge is -2.13. The molecular formula is C26H27N3. The Kier molecular flexibility index (Phi) is 5.57. The number of rotatable bonds is 6. The molecule has 1 heterocycles. The van der Waals surface area contributed by atoms with Crippen LogP contribution in [0.2, 0.25) is 0 Å². The Morgan fingerprint density at radius 2 is 1.59 bits per heavy atom. The Morgan fingerprint density at radius 1 is 0.828 bits per heavy atom. The molecule has 0 saturated heterocycles. The standard InChI is InChI=1S/C26H27N3/c1-4-5-8-20-13-15-21(16-14-20)25-22-9-6-7-10-23(22)26(29-28-25)27-24-17-18(2)11-12-19(24)3/h6-7,9-17H,4-5,8H2,1-3H3,(H,27,29). The molecule has 0 saturated carbocycles. The summed E-state index contributed by atoms with van der Waals surface area (Å²) in [6.45, 7) is 6.43. The van der Waals surface area contributed by atoms with Crippen molar-refractivity contribution < 1.29 is 0 Å². The zero-order valence-corrected chi connectivity index (χ0v) is 17.4. The van der Waals surface area contributed by atoms with E-state index < -0.39 is 0 Å². The van der Waals surface area contributed by atoms with Crippen LogP contribution in [0.1, 0.15) is 36.5 Å². The number of benzene rings is 3. The third-order valence-corrected chi connectivity index (χ3v) is 5.38. The molecule has 3 aromatic carbocycles. The maximum Gasteiger partial charge on any atom is 0.161 e. The number of nitrogens with zero attached hydrogens (tertiary/aromatic N) is 2. The lowest BCUT2D eigenvalue weighted by molar-refractivity contribution is 0.795. The molecule has 146 valence electrons. The van der Waals surface area contributed by atoms with Crippen LogP contribution in [0.3, 0.4) is 0 Å². The topological polar surface area (TPSA) is 37.8 Å². The fourth-order valence-corrected chi connectivity index (χ4v) is 3.62. The van der Waals surface area contributed by atoms with Crippen molar-refractivity contribution in [3.63, 3.8) is 0 Å². The molecular weight excluding hydrogens is 354 g/mol. The molecule has 0 fully saturated rings. The van der Waals surface area contributed by atoms with Crippen LogP contribution in [0, 0.1) is 13.8 Å². The van der Waals surface area contributed by atoms with Gasteiger partial charge in [-0.2, -0.15) is 0 Å². The van der Waals surface area contributed by atoms with E-state index in [4.69, 9.17) is 0 Å². The number of nitrogens with one attached hydrogen (secondary N) is 1. The highest BCUT2D eigenvalue weighted by Gasteiger charge is 2.12. The van der Waals surface area contributed by atoms with Gasteiger partial charge in [-0.05, 0) is 49.4 Å². The molecule has 0 unspecified atom stereocenters. The summed E-state index contributed by atoms with van der Waals surface area (Å²) in [6, 6.07) is 23.5. The van der Waals surface area contributed by atoms with Crippen LogP contribution in [0.15, 0.2) is 66.7 Å². The zero-order chi connectivity index (χ0) is 20.2. The van der Waals surface area contributed by atoms with Crippen molar-refractivity contribution in [3.05, 3.63) is 83.4 Å². The van der Waals surface area contributed by atoms with E-state index in [2.05, 4.69) is 103 Å². The first-order valence-corrected chi connectivity index (χ1v) is 10.3. The minimum absolute atomic E-state index is 0.789. The number of unbranched alkanes of at least 4 members (excludes halogenated alkanes) is 1. The van der Waals surface area contributed by atoms with Crippen LogP contribution in [-0.2, 0) is 6.42 Å². The van der Waals surface area contributed by atoms with Gasteiger partial charge in [0.2, 0.25) is 0 Å². The zero-order valence-electron chi connectivity index (χ0n) is 17.4. The number of anilines is 2. The van der Waals surface area contributed by atoms with Gasteiger partial charge in [-0.25, -0.2) is 0 Å². The van der Waals surface area contributed by atoms with E-state index in [1.807, 2.05) is 0 Å². The molecule has 0 amide bonds. The van der Waals surface area contributed by atoms with Crippen LogP contribution >= 0.6 is 0 Å². The second-order valence-electron chi connectivity index (χ2n) is 7.69. The van der Waals surface area contributed by atoms with E-state index in [-0.39, 0.29) is 0 Å². The Hall–Kier alpha value is -3.20. The van der Waals surface area contributed by atoms with E-state index in [0.717, 1.165) is 40.0 Å². The van der Waals surface area contributed by atoms with Gasteiger partial charge in [0, 0.05) is 22.0 Å². The van der Waals surface area contributed by atoms with Gasteiger partial charge in [-0.15, -0.1) is 10.2 Å². The molecule has 3 nitrogen and oxygen atoms in total. The lowest BCUT2D eigenvalue weighted by atomic mass is 10.0. The summed E-state index contributed by atoms with van der Waals surface area (Å²) < 4.78 is 0. The van der Waals surface area contributed by atoms with Crippen molar-refractivity contribution >= 4 is 22.3 Å². The van der Waals surface area contributed by atoms with Gasteiger partial charge >= 0.3 is 0 Å². The predicted octanol–water partition coefficient (Wildman–Crippen LogP) is 7.00. The molecule has 0 aliphatic carbocycles. The van der Waals surface area contributed by atoms with Gasteiger partial charge in [0.1, 0.15) is 5.69 Å². The number of hydrogen-bond donors (Lipinski definition) is 1. The Bertz CT molecular complexity index is 1130. The van der Waals surface area contributed by atoms with Crippen molar-refractivity contribution in [2.75, 3.05) is 5.32 Å². The monoisotopic (exact) mass is 381 g/mol. The molecule has 0 atom stereocenters. The summed E-state index contributed by atoms with van der Waals surface area (Å²) in [4.78, 5) is 0. The number of hydrogen-bond acceptors (Lipinski definition) is 3. The van der Waals surface area contributed by atoms with E-state index in [1.54, 1.807) is 0 Å². The van der Waals surface area contributed by atoms with E-state index in [9.17, 15) is 0 Å². The predicted molar refractivity (Wildman–Crippen MR) is 123 cm³/mol. The van der Waals surface area contributed by atoms with E-state index in [1.165, 1.54) is 29.5 Å². The van der Waals surface area contributed by atoms with Gasteiger partial charge < -0.3 is 5.32 Å². The summed E-state index contributed by atoms with van der Waals surface area (Å²) in [5.41, 5.74) is 6.88. The lowest BCUT2D eigenvalue weighted by Crippen LogP contribution is -2.00. The third kappa shape index (κ3) is 4.14. The summed E-state index contributed by atoms with van der Waals surface area (Å²) >= 11 is 0. The summed E-state index contributed by atoms with van der Waals surface area (Å²) in [6.07, 6.45) is 3.56. The van der Waals surface area contributed by atoms with E-state index in [0.29, 0.717) is 0 Å². The summed E-state index contributed by atoms with van der Waals surface area (Å²) in [7, 11) is 0. The molecule has 1 aromatic heterocycles. The second-order valence-corrected chi connectivity index (χ2v) is 7.69. The van der Waals surface area contributed by atoms with Crippen molar-refractivity contribution in [2.24, 2.45) is 0 Å². The molecule has 0 aliphatic rings. The van der Waals surface area contributed by atoms with Crippen LogP contribution in [-0.4, -0.2) is 10.2 Å². The van der Waals surface area contributed by atoms with Gasteiger partial charge in [0.05, 0.1) is 0 Å². The molecule has 29 heavy (non-hydrogen) atoms. The molecule has 0 spiro atoms. The van der Waals surface area contributed by atoms with Crippen molar-refractivity contribution in [3.8, 4) is 11.3 Å². The van der Waals surface area contributed by atoms with Crippen LogP contribution in [0.5, 0.6) is 0 Å². The van der Waals surface area contributed by atoms with Crippen molar-refractivity contribution in [1.82, 2.24) is 10.2 Å².